The molecule has 0 aliphatic carbocycles. The molecule has 0 spiro atoms. The Morgan fingerprint density at radius 1 is 1.25 bits per heavy atom. The second-order valence-corrected chi connectivity index (χ2v) is 5.54. The number of pyridine rings is 1. The van der Waals surface area contributed by atoms with Gasteiger partial charge in [0.05, 0.1) is 0 Å². The normalized spacial score (nSPS) is 12.5. The summed E-state index contributed by atoms with van der Waals surface area (Å²) in [5.74, 6) is 0.903. The van der Waals surface area contributed by atoms with Crippen LogP contribution in [-0.2, 0) is 0 Å². The molecule has 0 aromatic carbocycles. The van der Waals surface area contributed by atoms with Gasteiger partial charge in [-0.2, -0.15) is 5.10 Å². The molecule has 0 radical (unpaired) electrons. The first-order chi connectivity index (χ1) is 9.74. The molecule has 20 heavy (non-hydrogen) atoms. The van der Waals surface area contributed by atoms with Crippen LogP contribution in [0.4, 0.5) is 0 Å². The number of H-pyrrole nitrogens is 1. The molecular weight excluding hydrogens is 268 g/mol. The lowest BCUT2D eigenvalue weighted by molar-refractivity contribution is 0.471. The molecule has 2 aromatic rings. The van der Waals surface area contributed by atoms with E-state index in [0.29, 0.717) is 10.8 Å². The minimum Gasteiger partial charge on any atom is -0.297 e. The smallest absolute Gasteiger partial charge is 0.195 e. The predicted octanol–water partition coefficient (Wildman–Crippen LogP) is 4.53. The van der Waals surface area contributed by atoms with Crippen LogP contribution in [-0.4, -0.2) is 19.7 Å². The van der Waals surface area contributed by atoms with Crippen molar-refractivity contribution < 1.29 is 0 Å². The Bertz CT molecular complexity index is 573. The summed E-state index contributed by atoms with van der Waals surface area (Å²) in [5, 5.41) is 7.28. The highest BCUT2D eigenvalue weighted by Crippen LogP contribution is 2.23. The zero-order valence-electron chi connectivity index (χ0n) is 12.2. The van der Waals surface area contributed by atoms with Crippen molar-refractivity contribution in [2.45, 2.75) is 52.0 Å². The van der Waals surface area contributed by atoms with E-state index in [2.05, 4.69) is 33.6 Å². The van der Waals surface area contributed by atoms with Gasteiger partial charge in [0.25, 0.3) is 0 Å². The number of rotatable bonds is 7. The number of hydrogen-bond acceptors (Lipinski definition) is 3. The van der Waals surface area contributed by atoms with E-state index >= 15 is 0 Å². The molecule has 0 bridgehead atoms. The van der Waals surface area contributed by atoms with Crippen LogP contribution in [0.1, 0.15) is 52.0 Å². The van der Waals surface area contributed by atoms with Crippen LogP contribution in [0.3, 0.4) is 0 Å². The first-order valence-electron chi connectivity index (χ1n) is 7.31. The summed E-state index contributed by atoms with van der Waals surface area (Å²) < 4.78 is 2.82. The largest absolute Gasteiger partial charge is 0.297 e. The molecule has 4 nitrogen and oxygen atoms in total. The molecular formula is C15H22N4S. The molecule has 0 saturated carbocycles. The Balaban J connectivity index is 2.15. The van der Waals surface area contributed by atoms with E-state index < -0.39 is 0 Å². The van der Waals surface area contributed by atoms with Crippen molar-refractivity contribution in [3.8, 4) is 11.4 Å². The van der Waals surface area contributed by atoms with Crippen molar-refractivity contribution in [3.63, 3.8) is 0 Å². The fourth-order valence-electron chi connectivity index (χ4n) is 2.41. The van der Waals surface area contributed by atoms with Crippen LogP contribution >= 0.6 is 12.2 Å². The van der Waals surface area contributed by atoms with E-state index in [4.69, 9.17) is 12.2 Å². The van der Waals surface area contributed by atoms with Gasteiger partial charge in [-0.05, 0) is 37.7 Å². The number of unbranched alkanes of at least 4 members (excludes halogenated alkanes) is 3. The fourth-order valence-corrected chi connectivity index (χ4v) is 2.73. The van der Waals surface area contributed by atoms with Gasteiger partial charge in [-0.3, -0.25) is 14.6 Å². The Labute approximate surface area is 125 Å². The third-order valence-corrected chi connectivity index (χ3v) is 3.85. The van der Waals surface area contributed by atoms with Crippen molar-refractivity contribution >= 4 is 12.2 Å². The fraction of sp³-hybridized carbons (Fsp3) is 0.533. The first-order valence-corrected chi connectivity index (χ1v) is 7.72. The maximum Gasteiger partial charge on any atom is 0.195 e. The van der Waals surface area contributed by atoms with Crippen molar-refractivity contribution in [2.75, 3.05) is 0 Å². The summed E-state index contributed by atoms with van der Waals surface area (Å²) in [6.07, 6.45) is 9.79. The van der Waals surface area contributed by atoms with Crippen LogP contribution in [0.15, 0.2) is 24.5 Å². The van der Waals surface area contributed by atoms with Gasteiger partial charge in [0.15, 0.2) is 10.6 Å². The summed E-state index contributed by atoms with van der Waals surface area (Å²) in [5.41, 5.74) is 1.05. The van der Waals surface area contributed by atoms with Gasteiger partial charge in [0, 0.05) is 24.0 Å². The number of aromatic nitrogens is 4. The Kier molecular flexibility index (Phi) is 5.47. The predicted molar refractivity (Wildman–Crippen MR) is 84.1 cm³/mol. The SMILES string of the molecule is CCCCCCC(C)n1c(-c2ccncc2)n[nH]c1=S. The summed E-state index contributed by atoms with van der Waals surface area (Å²) in [7, 11) is 0. The average Bonchev–Trinajstić information content (AvgIpc) is 2.86. The second kappa shape index (κ2) is 7.33. The van der Waals surface area contributed by atoms with Crippen molar-refractivity contribution in [1.29, 1.82) is 0 Å². The van der Waals surface area contributed by atoms with Crippen LogP contribution in [0.5, 0.6) is 0 Å². The van der Waals surface area contributed by atoms with Crippen molar-refractivity contribution in [3.05, 3.63) is 29.3 Å². The van der Waals surface area contributed by atoms with Gasteiger partial charge < -0.3 is 0 Å². The Hall–Kier alpha value is -1.49. The minimum atomic E-state index is 0.362. The van der Waals surface area contributed by atoms with Crippen LogP contribution in [0.2, 0.25) is 0 Å². The maximum absolute atomic E-state index is 5.38. The quantitative estimate of drug-likeness (QED) is 0.602. The van der Waals surface area contributed by atoms with E-state index in [1.165, 1.54) is 25.7 Å². The minimum absolute atomic E-state index is 0.362. The van der Waals surface area contributed by atoms with Crippen LogP contribution in [0.25, 0.3) is 11.4 Å². The van der Waals surface area contributed by atoms with Gasteiger partial charge in [-0.1, -0.05) is 32.6 Å². The van der Waals surface area contributed by atoms with E-state index in [1.54, 1.807) is 12.4 Å². The number of aromatic amines is 1. The van der Waals surface area contributed by atoms with E-state index in [9.17, 15) is 0 Å². The van der Waals surface area contributed by atoms with Crippen molar-refractivity contribution in [1.82, 2.24) is 19.7 Å². The van der Waals surface area contributed by atoms with Gasteiger partial charge >= 0.3 is 0 Å². The molecule has 1 atom stereocenters. The molecule has 108 valence electrons. The van der Waals surface area contributed by atoms with Crippen molar-refractivity contribution in [2.24, 2.45) is 0 Å². The standard InChI is InChI=1S/C15H22N4S/c1-3-4-5-6-7-12(2)19-14(17-18-15(19)20)13-8-10-16-11-9-13/h8-12H,3-7H2,1-2H3,(H,18,20). The molecule has 0 saturated heterocycles. The van der Waals surface area contributed by atoms with E-state index in [0.717, 1.165) is 17.8 Å². The molecule has 2 aromatic heterocycles. The van der Waals surface area contributed by atoms with Gasteiger partial charge in [0.1, 0.15) is 0 Å². The monoisotopic (exact) mass is 290 g/mol. The third-order valence-electron chi connectivity index (χ3n) is 3.56. The maximum atomic E-state index is 5.38. The van der Waals surface area contributed by atoms with Gasteiger partial charge in [-0.15, -0.1) is 0 Å². The number of nitrogens with zero attached hydrogens (tertiary/aromatic N) is 3. The molecule has 2 rings (SSSR count). The Morgan fingerprint density at radius 2 is 2.00 bits per heavy atom. The lowest BCUT2D eigenvalue weighted by Crippen LogP contribution is -2.07. The third kappa shape index (κ3) is 3.54. The summed E-state index contributed by atoms with van der Waals surface area (Å²) >= 11 is 5.38. The van der Waals surface area contributed by atoms with E-state index in [-0.39, 0.29) is 0 Å². The lowest BCUT2D eigenvalue weighted by Gasteiger charge is -2.15. The average molecular weight is 290 g/mol. The molecule has 5 heteroatoms. The summed E-state index contributed by atoms with van der Waals surface area (Å²) in [4.78, 5) is 4.05. The zero-order chi connectivity index (χ0) is 14.4. The molecule has 1 N–H and O–H groups in total. The van der Waals surface area contributed by atoms with Crippen LogP contribution in [0, 0.1) is 4.77 Å². The number of hydrogen-bond donors (Lipinski definition) is 1. The summed E-state index contributed by atoms with van der Waals surface area (Å²) in [6.45, 7) is 4.44. The van der Waals surface area contributed by atoms with E-state index in [1.807, 2.05) is 12.1 Å². The highest BCUT2D eigenvalue weighted by molar-refractivity contribution is 7.71. The highest BCUT2D eigenvalue weighted by Gasteiger charge is 2.14. The zero-order valence-corrected chi connectivity index (χ0v) is 13.0. The highest BCUT2D eigenvalue weighted by atomic mass is 32.1. The van der Waals surface area contributed by atoms with Gasteiger partial charge in [-0.25, -0.2) is 0 Å². The molecule has 0 aliphatic heterocycles. The van der Waals surface area contributed by atoms with Gasteiger partial charge in [0.2, 0.25) is 0 Å². The summed E-state index contributed by atoms with van der Waals surface area (Å²) in [6, 6.07) is 4.29. The topological polar surface area (TPSA) is 46.5 Å². The second-order valence-electron chi connectivity index (χ2n) is 5.16. The molecule has 0 aliphatic rings. The number of nitrogens with one attached hydrogen (secondary N) is 1. The Morgan fingerprint density at radius 3 is 2.70 bits per heavy atom. The molecule has 0 fully saturated rings. The van der Waals surface area contributed by atoms with Crippen LogP contribution < -0.4 is 0 Å². The first kappa shape index (κ1) is 14.9. The molecule has 0 amide bonds. The lowest BCUT2D eigenvalue weighted by atomic mass is 10.1. The molecule has 2 heterocycles. The molecule has 1 unspecified atom stereocenters.